The average molecular weight is 540 g/mol. The third-order valence-corrected chi connectivity index (χ3v) is 7.46. The van der Waals surface area contributed by atoms with Crippen molar-refractivity contribution >= 4 is 39.8 Å². The summed E-state index contributed by atoms with van der Waals surface area (Å²) in [6, 6.07) is 25.7. The molecule has 1 heterocycles. The Labute approximate surface area is 232 Å². The molecule has 2 amide bonds. The van der Waals surface area contributed by atoms with E-state index in [0.29, 0.717) is 28.6 Å². The van der Waals surface area contributed by atoms with E-state index in [1.54, 1.807) is 13.2 Å². The number of para-hydroxylation sites is 1. The molecule has 198 valence electrons. The van der Waals surface area contributed by atoms with Crippen LogP contribution in [-0.2, 0) is 11.4 Å². The number of aryl methyl sites for hydroxylation is 2. The fourth-order valence-corrected chi connectivity index (χ4v) is 5.33. The number of ether oxygens (including phenoxy) is 3. The van der Waals surface area contributed by atoms with E-state index in [4.69, 9.17) is 14.2 Å². The van der Waals surface area contributed by atoms with E-state index < -0.39 is 0 Å². The van der Waals surface area contributed by atoms with Gasteiger partial charge in [-0.25, -0.2) is 0 Å². The van der Waals surface area contributed by atoms with E-state index in [9.17, 15) is 9.59 Å². The monoisotopic (exact) mass is 539 g/mol. The second-order valence-corrected chi connectivity index (χ2v) is 10.2. The van der Waals surface area contributed by atoms with E-state index in [1.165, 1.54) is 4.90 Å². The van der Waals surface area contributed by atoms with Crippen LogP contribution in [0.15, 0.2) is 83.8 Å². The van der Waals surface area contributed by atoms with Crippen LogP contribution in [0.5, 0.6) is 17.2 Å². The van der Waals surface area contributed by atoms with Crippen LogP contribution in [0.2, 0.25) is 0 Å². The van der Waals surface area contributed by atoms with Gasteiger partial charge >= 0.3 is 0 Å². The third-order valence-electron chi connectivity index (χ3n) is 6.56. The first-order chi connectivity index (χ1) is 18.9. The SMILES string of the molecule is COc1cccc(/C=C2\SC(=O)N(CCOc3cc(C)ccc3C)C2=O)c1OCc1cccc2ccccc12. The van der Waals surface area contributed by atoms with Gasteiger partial charge < -0.3 is 14.2 Å². The summed E-state index contributed by atoms with van der Waals surface area (Å²) < 4.78 is 17.7. The van der Waals surface area contributed by atoms with E-state index in [1.807, 2.05) is 74.5 Å². The van der Waals surface area contributed by atoms with Gasteiger partial charge in [0.1, 0.15) is 19.0 Å². The normalized spacial score (nSPS) is 14.3. The number of methoxy groups -OCH3 is 1. The molecule has 0 aromatic heterocycles. The fourth-order valence-electron chi connectivity index (χ4n) is 4.47. The number of fused-ring (bicyclic) bond motifs is 1. The molecule has 0 unspecified atom stereocenters. The molecule has 1 fully saturated rings. The quantitative estimate of drug-likeness (QED) is 0.210. The highest BCUT2D eigenvalue weighted by Crippen LogP contribution is 2.38. The summed E-state index contributed by atoms with van der Waals surface area (Å²) in [7, 11) is 1.58. The van der Waals surface area contributed by atoms with Crippen molar-refractivity contribution in [3.05, 3.63) is 106 Å². The Kier molecular flexibility index (Phi) is 7.89. The van der Waals surface area contributed by atoms with Gasteiger partial charge in [-0.1, -0.05) is 66.7 Å². The van der Waals surface area contributed by atoms with Crippen molar-refractivity contribution in [2.75, 3.05) is 20.3 Å². The molecule has 0 N–H and O–H groups in total. The van der Waals surface area contributed by atoms with Crippen LogP contribution in [0.4, 0.5) is 4.79 Å². The number of imide groups is 1. The number of carbonyl (C=O) groups excluding carboxylic acids is 2. The summed E-state index contributed by atoms with van der Waals surface area (Å²) >= 11 is 0.914. The zero-order valence-electron chi connectivity index (χ0n) is 22.1. The van der Waals surface area contributed by atoms with Gasteiger partial charge in [-0.3, -0.25) is 14.5 Å². The molecule has 39 heavy (non-hydrogen) atoms. The molecule has 4 aromatic carbocycles. The molecule has 1 aliphatic heterocycles. The lowest BCUT2D eigenvalue weighted by molar-refractivity contribution is -0.123. The summed E-state index contributed by atoms with van der Waals surface area (Å²) in [6.45, 7) is 4.66. The van der Waals surface area contributed by atoms with Crippen LogP contribution in [0.3, 0.4) is 0 Å². The smallest absolute Gasteiger partial charge is 0.293 e. The standard InChI is InChI=1S/C32H29NO5S/c1-21-14-15-22(2)28(18-21)37-17-16-33-31(34)29(39-32(33)35)19-24-10-7-13-27(36-3)30(24)38-20-25-11-6-9-23-8-4-5-12-26(23)25/h4-15,18-19H,16-17,20H2,1-3H3/b29-19-. The maximum atomic E-state index is 13.2. The van der Waals surface area contributed by atoms with Gasteiger partial charge in [0.05, 0.1) is 18.6 Å². The number of hydrogen-bond donors (Lipinski definition) is 0. The summed E-state index contributed by atoms with van der Waals surface area (Å²) in [4.78, 5) is 27.4. The van der Waals surface area contributed by atoms with Gasteiger partial charge in [0, 0.05) is 5.56 Å². The second kappa shape index (κ2) is 11.7. The first-order valence-corrected chi connectivity index (χ1v) is 13.5. The van der Waals surface area contributed by atoms with Crippen LogP contribution in [-0.4, -0.2) is 36.3 Å². The molecule has 6 nitrogen and oxygen atoms in total. The Bertz CT molecular complexity index is 1570. The van der Waals surface area contributed by atoms with Crippen molar-refractivity contribution < 1.29 is 23.8 Å². The van der Waals surface area contributed by atoms with Gasteiger partial charge in [-0.05, 0) is 71.3 Å². The minimum absolute atomic E-state index is 0.165. The van der Waals surface area contributed by atoms with Crippen molar-refractivity contribution in [3.8, 4) is 17.2 Å². The molecule has 0 bridgehead atoms. The fraction of sp³-hybridized carbons (Fsp3) is 0.188. The molecule has 1 aliphatic rings. The van der Waals surface area contributed by atoms with Crippen molar-refractivity contribution in [2.45, 2.75) is 20.5 Å². The predicted molar refractivity (Wildman–Crippen MR) is 155 cm³/mol. The molecule has 7 heteroatoms. The largest absolute Gasteiger partial charge is 0.493 e. The summed E-state index contributed by atoms with van der Waals surface area (Å²) in [5.74, 6) is 1.46. The van der Waals surface area contributed by atoms with Crippen LogP contribution < -0.4 is 14.2 Å². The number of rotatable bonds is 9. The molecule has 0 saturated carbocycles. The number of amides is 2. The van der Waals surface area contributed by atoms with E-state index in [0.717, 1.165) is 45.0 Å². The van der Waals surface area contributed by atoms with Crippen molar-refractivity contribution in [3.63, 3.8) is 0 Å². The maximum Gasteiger partial charge on any atom is 0.293 e. The summed E-state index contributed by atoms with van der Waals surface area (Å²) in [5.41, 5.74) is 3.78. The zero-order chi connectivity index (χ0) is 27.4. The molecule has 4 aromatic rings. The topological polar surface area (TPSA) is 65.1 Å². The Morgan fingerprint density at radius 1 is 0.872 bits per heavy atom. The Balaban J connectivity index is 1.33. The first kappa shape index (κ1) is 26.4. The lowest BCUT2D eigenvalue weighted by Crippen LogP contribution is -2.32. The van der Waals surface area contributed by atoms with Gasteiger partial charge in [-0.15, -0.1) is 0 Å². The van der Waals surface area contributed by atoms with Crippen molar-refractivity contribution in [1.29, 1.82) is 0 Å². The lowest BCUT2D eigenvalue weighted by Gasteiger charge is -2.15. The van der Waals surface area contributed by atoms with Crippen molar-refractivity contribution in [1.82, 2.24) is 4.90 Å². The van der Waals surface area contributed by atoms with Crippen molar-refractivity contribution in [2.24, 2.45) is 0 Å². The first-order valence-electron chi connectivity index (χ1n) is 12.7. The Morgan fingerprint density at radius 2 is 1.67 bits per heavy atom. The number of benzene rings is 4. The number of carbonyl (C=O) groups is 2. The average Bonchev–Trinajstić information content (AvgIpc) is 3.21. The summed E-state index contributed by atoms with van der Waals surface area (Å²) in [6.07, 6.45) is 1.69. The number of thioether (sulfide) groups is 1. The maximum absolute atomic E-state index is 13.2. The minimum Gasteiger partial charge on any atom is -0.493 e. The van der Waals surface area contributed by atoms with Gasteiger partial charge in [-0.2, -0.15) is 0 Å². The molecular formula is C32H29NO5S. The Hall–Kier alpha value is -4.23. The van der Waals surface area contributed by atoms with Gasteiger partial charge in [0.2, 0.25) is 0 Å². The molecule has 0 spiro atoms. The molecule has 0 atom stereocenters. The Morgan fingerprint density at radius 3 is 2.51 bits per heavy atom. The van der Waals surface area contributed by atoms with E-state index >= 15 is 0 Å². The van der Waals surface area contributed by atoms with Gasteiger partial charge in [0.15, 0.2) is 11.5 Å². The molecule has 0 aliphatic carbocycles. The van der Waals surface area contributed by atoms with Crippen LogP contribution in [0.25, 0.3) is 16.8 Å². The number of nitrogens with zero attached hydrogens (tertiary/aromatic N) is 1. The van der Waals surface area contributed by atoms with Crippen LogP contribution in [0.1, 0.15) is 22.3 Å². The third kappa shape index (κ3) is 5.78. The predicted octanol–water partition coefficient (Wildman–Crippen LogP) is 7.16. The molecule has 0 radical (unpaired) electrons. The highest BCUT2D eigenvalue weighted by Gasteiger charge is 2.35. The molecular weight excluding hydrogens is 510 g/mol. The highest BCUT2D eigenvalue weighted by atomic mass is 32.2. The number of hydrogen-bond acceptors (Lipinski definition) is 6. The highest BCUT2D eigenvalue weighted by molar-refractivity contribution is 8.18. The van der Waals surface area contributed by atoms with E-state index in [-0.39, 0.29) is 24.3 Å². The minimum atomic E-state index is -0.350. The second-order valence-electron chi connectivity index (χ2n) is 9.26. The molecule has 5 rings (SSSR count). The zero-order valence-corrected chi connectivity index (χ0v) is 22.9. The van der Waals surface area contributed by atoms with Gasteiger partial charge in [0.25, 0.3) is 11.1 Å². The molecule has 1 saturated heterocycles. The van der Waals surface area contributed by atoms with E-state index in [2.05, 4.69) is 18.2 Å². The summed E-state index contributed by atoms with van der Waals surface area (Å²) in [5, 5.41) is 1.92. The van der Waals surface area contributed by atoms with Crippen LogP contribution in [0, 0.1) is 13.8 Å². The lowest BCUT2D eigenvalue weighted by atomic mass is 10.1. The van der Waals surface area contributed by atoms with Crippen LogP contribution >= 0.6 is 11.8 Å².